The van der Waals surface area contributed by atoms with Crippen molar-refractivity contribution in [2.75, 3.05) is 5.73 Å². The van der Waals surface area contributed by atoms with Gasteiger partial charge in [-0.2, -0.15) is 0 Å². The summed E-state index contributed by atoms with van der Waals surface area (Å²) in [5.74, 6) is 0.533. The number of rotatable bonds is 10. The van der Waals surface area contributed by atoms with Gasteiger partial charge in [0.15, 0.2) is 5.78 Å². The summed E-state index contributed by atoms with van der Waals surface area (Å²) in [6.07, 6.45) is 13.2. The second kappa shape index (κ2) is 12.9. The maximum atomic E-state index is 14.3. The molecule has 0 saturated heterocycles. The molecule has 5 nitrogen and oxygen atoms in total. The first kappa shape index (κ1) is 26.9. The summed E-state index contributed by atoms with van der Waals surface area (Å²) in [5, 5.41) is 9.92. The largest absolute Gasteiger partial charge is 0.398 e. The van der Waals surface area contributed by atoms with Crippen LogP contribution in [0, 0.1) is 12.1 Å². The van der Waals surface area contributed by atoms with Gasteiger partial charge in [0, 0.05) is 17.8 Å². The molecule has 0 spiro atoms. The highest BCUT2D eigenvalue weighted by Gasteiger charge is 2.38. The Balaban J connectivity index is 1.44. The van der Waals surface area contributed by atoms with Gasteiger partial charge in [-0.1, -0.05) is 99.2 Å². The van der Waals surface area contributed by atoms with E-state index in [0.29, 0.717) is 30.1 Å². The standard InChI is InChI=1S/C33H42N4O/c34-29-18-10-9-17-28(29)31(32(38)30(35)22-23-19-20-24-11-7-8-12-25(24)21-23)33(36-26-13-3-1-4-14-26)37-27-15-5-2-6-16-27/h7-12,17-21,26-27,30,36-37H,1-6,13-16,22,34-35H2. The maximum Gasteiger partial charge on any atom is 0.165 e. The number of para-hydroxylation sites is 1. The van der Waals surface area contributed by atoms with E-state index >= 15 is 0 Å². The van der Waals surface area contributed by atoms with Crippen molar-refractivity contribution >= 4 is 22.2 Å². The highest BCUT2D eigenvalue weighted by atomic mass is 16.1. The van der Waals surface area contributed by atoms with Crippen LogP contribution in [0.2, 0.25) is 0 Å². The Bertz CT molecular complexity index is 1180. The van der Waals surface area contributed by atoms with Crippen LogP contribution in [-0.2, 0) is 11.2 Å². The molecule has 2 aliphatic carbocycles. The maximum absolute atomic E-state index is 14.3. The highest BCUT2D eigenvalue weighted by Crippen LogP contribution is 2.33. The van der Waals surface area contributed by atoms with Crippen LogP contribution in [0.1, 0.15) is 75.3 Å². The third-order valence-corrected chi connectivity index (χ3v) is 8.24. The number of hydrogen-bond donors (Lipinski definition) is 4. The van der Waals surface area contributed by atoms with Gasteiger partial charge in [0.1, 0.15) is 12.1 Å². The van der Waals surface area contributed by atoms with Crippen molar-refractivity contribution in [3.8, 4) is 0 Å². The quantitative estimate of drug-likeness (QED) is 0.258. The van der Waals surface area contributed by atoms with Gasteiger partial charge in [0.05, 0.1) is 6.04 Å². The van der Waals surface area contributed by atoms with Crippen molar-refractivity contribution in [3.63, 3.8) is 0 Å². The molecule has 0 amide bonds. The molecule has 3 aromatic rings. The monoisotopic (exact) mass is 510 g/mol. The second-order valence-corrected chi connectivity index (χ2v) is 11.2. The average molecular weight is 511 g/mol. The van der Waals surface area contributed by atoms with Gasteiger partial charge in [0.25, 0.3) is 0 Å². The minimum absolute atomic E-state index is 0.0716. The third-order valence-electron chi connectivity index (χ3n) is 8.24. The number of carbonyl (C=O) groups is 1. The molecule has 0 bridgehead atoms. The molecule has 5 heteroatoms. The fourth-order valence-electron chi connectivity index (χ4n) is 6.10. The van der Waals surface area contributed by atoms with Crippen LogP contribution < -0.4 is 22.1 Å². The first-order valence-corrected chi connectivity index (χ1v) is 14.5. The molecule has 2 aliphatic rings. The van der Waals surface area contributed by atoms with Gasteiger partial charge in [-0.05, 0) is 60.1 Å². The molecular weight excluding hydrogens is 468 g/mol. The van der Waals surface area contributed by atoms with Crippen LogP contribution in [-0.4, -0.2) is 23.9 Å². The van der Waals surface area contributed by atoms with Crippen molar-refractivity contribution in [1.82, 2.24) is 10.6 Å². The Morgan fingerprint density at radius 3 is 1.97 bits per heavy atom. The summed E-state index contributed by atoms with van der Waals surface area (Å²) < 4.78 is 0. The molecule has 200 valence electrons. The minimum Gasteiger partial charge on any atom is -0.398 e. The first-order chi connectivity index (χ1) is 18.6. The SMILES string of the molecule is Nc1ccccc1[C]([C](NC1CCCCC1)NC1CCCCC1)C(=O)C(N)Cc1ccc2ccccc2c1. The molecule has 0 heterocycles. The molecule has 2 saturated carbocycles. The number of nitrogens with two attached hydrogens (primary N) is 2. The predicted octanol–water partition coefficient (Wildman–Crippen LogP) is 5.82. The van der Waals surface area contributed by atoms with Crippen LogP contribution >= 0.6 is 0 Å². The summed E-state index contributed by atoms with van der Waals surface area (Å²) in [6, 6.07) is 22.3. The van der Waals surface area contributed by atoms with Crippen LogP contribution in [0.3, 0.4) is 0 Å². The summed E-state index contributed by atoms with van der Waals surface area (Å²) in [7, 11) is 0. The van der Waals surface area contributed by atoms with Crippen molar-refractivity contribution in [3.05, 3.63) is 89.9 Å². The Labute approximate surface area is 227 Å². The zero-order chi connectivity index (χ0) is 26.3. The predicted molar refractivity (Wildman–Crippen MR) is 157 cm³/mol. The zero-order valence-corrected chi connectivity index (χ0v) is 22.4. The van der Waals surface area contributed by atoms with E-state index in [0.717, 1.165) is 48.4 Å². The molecule has 1 atom stereocenters. The summed E-state index contributed by atoms with van der Waals surface area (Å²) in [6.45, 7) is 0. The van der Waals surface area contributed by atoms with Crippen LogP contribution in [0.15, 0.2) is 66.7 Å². The van der Waals surface area contributed by atoms with Gasteiger partial charge in [0.2, 0.25) is 0 Å². The van der Waals surface area contributed by atoms with Crippen molar-refractivity contribution in [1.29, 1.82) is 0 Å². The molecule has 38 heavy (non-hydrogen) atoms. The number of hydrogen-bond acceptors (Lipinski definition) is 5. The average Bonchev–Trinajstić information content (AvgIpc) is 2.95. The molecule has 2 fully saturated rings. The molecular formula is C33H42N4O. The van der Waals surface area contributed by atoms with Gasteiger partial charge < -0.3 is 11.5 Å². The van der Waals surface area contributed by atoms with Crippen molar-refractivity contribution in [2.24, 2.45) is 5.73 Å². The zero-order valence-electron chi connectivity index (χ0n) is 22.4. The Morgan fingerprint density at radius 1 is 0.763 bits per heavy atom. The van der Waals surface area contributed by atoms with E-state index in [1.807, 2.05) is 36.4 Å². The lowest BCUT2D eigenvalue weighted by Gasteiger charge is -2.37. The molecule has 0 aliphatic heterocycles. The lowest BCUT2D eigenvalue weighted by molar-refractivity contribution is -0.118. The summed E-state index contributed by atoms with van der Waals surface area (Å²) >= 11 is 0. The number of ketones is 1. The number of nitrogens with one attached hydrogen (secondary N) is 2. The van der Waals surface area contributed by atoms with E-state index in [4.69, 9.17) is 11.5 Å². The fraction of sp³-hybridized carbons (Fsp3) is 0.424. The summed E-state index contributed by atoms with van der Waals surface area (Å²) in [4.78, 5) is 14.3. The molecule has 2 radical (unpaired) electrons. The van der Waals surface area contributed by atoms with Crippen LogP contribution in [0.4, 0.5) is 5.69 Å². The van der Waals surface area contributed by atoms with E-state index in [9.17, 15) is 4.79 Å². The Morgan fingerprint density at radius 2 is 1.34 bits per heavy atom. The number of benzene rings is 3. The molecule has 0 aromatic heterocycles. The molecule has 3 aromatic carbocycles. The highest BCUT2D eigenvalue weighted by molar-refractivity contribution is 6.03. The van der Waals surface area contributed by atoms with E-state index in [1.54, 1.807) is 0 Å². The fourth-order valence-corrected chi connectivity index (χ4v) is 6.10. The van der Waals surface area contributed by atoms with E-state index in [-0.39, 0.29) is 5.78 Å². The minimum atomic E-state index is -0.679. The van der Waals surface area contributed by atoms with Gasteiger partial charge >= 0.3 is 0 Å². The third kappa shape index (κ3) is 6.63. The topological polar surface area (TPSA) is 93.2 Å². The summed E-state index contributed by atoms with van der Waals surface area (Å²) in [5.41, 5.74) is 15.6. The number of fused-ring (bicyclic) bond motifs is 1. The Kier molecular flexibility index (Phi) is 9.10. The van der Waals surface area contributed by atoms with E-state index < -0.39 is 6.04 Å². The van der Waals surface area contributed by atoms with Gasteiger partial charge in [-0.3, -0.25) is 15.4 Å². The number of nitrogen functional groups attached to an aromatic ring is 1. The Hall–Kier alpha value is -2.73. The second-order valence-electron chi connectivity index (χ2n) is 11.2. The van der Waals surface area contributed by atoms with Crippen LogP contribution in [0.25, 0.3) is 10.8 Å². The molecule has 6 N–H and O–H groups in total. The van der Waals surface area contributed by atoms with Gasteiger partial charge in [-0.25, -0.2) is 0 Å². The smallest absolute Gasteiger partial charge is 0.165 e. The number of carbonyl (C=O) groups excluding carboxylic acids is 1. The van der Waals surface area contributed by atoms with E-state index in [1.165, 1.54) is 43.9 Å². The normalized spacial score (nSPS) is 18.3. The molecule has 5 rings (SSSR count). The first-order valence-electron chi connectivity index (χ1n) is 14.5. The van der Waals surface area contributed by atoms with E-state index in [2.05, 4.69) is 41.0 Å². The number of Topliss-reactive ketones (excluding diaryl/α,β-unsaturated/α-hetero) is 1. The number of anilines is 1. The van der Waals surface area contributed by atoms with Gasteiger partial charge in [-0.15, -0.1) is 0 Å². The lowest BCUT2D eigenvalue weighted by atomic mass is 9.83. The van der Waals surface area contributed by atoms with Crippen molar-refractivity contribution < 1.29 is 4.79 Å². The van der Waals surface area contributed by atoms with Crippen molar-refractivity contribution in [2.45, 2.75) is 88.8 Å². The lowest BCUT2D eigenvalue weighted by Crippen LogP contribution is -2.53. The molecule has 1 unspecified atom stereocenters. The van der Waals surface area contributed by atoms with Crippen LogP contribution in [0.5, 0.6) is 0 Å².